The van der Waals surface area contributed by atoms with E-state index in [9.17, 15) is 47.9 Å². The smallest absolute Gasteiger partial charge is 0.338 e. The fourth-order valence-corrected chi connectivity index (χ4v) is 5.20. The molecule has 20 nitrogen and oxygen atoms in total. The van der Waals surface area contributed by atoms with E-state index in [1.165, 1.54) is 111 Å². The maximum absolute atomic E-state index is 12.7. The minimum atomic E-state index is -0.844. The molecular formula is C46H42O20. The number of hydrogen-bond acceptors (Lipinski definition) is 20. The van der Waals surface area contributed by atoms with Gasteiger partial charge >= 0.3 is 59.7 Å². The average Bonchev–Trinajstić information content (AvgIpc) is 3.32. The zero-order chi connectivity index (χ0) is 47.8. The largest absolute Gasteiger partial charge is 0.462 e. The Morgan fingerprint density at radius 1 is 0.258 bits per heavy atom. The number of esters is 10. The monoisotopic (exact) mass is 914 g/mol. The Kier molecular flexibility index (Phi) is 20.0. The second-order valence-corrected chi connectivity index (χ2v) is 13.1. The Morgan fingerprint density at radius 3 is 0.530 bits per heavy atom. The van der Waals surface area contributed by atoms with Crippen LogP contribution in [0.1, 0.15) is 96.7 Å². The highest BCUT2D eigenvalue weighted by atomic mass is 16.6. The first-order valence-electron chi connectivity index (χ1n) is 19.8. The lowest BCUT2D eigenvalue weighted by atomic mass is 10.1. The molecule has 0 saturated heterocycles. The van der Waals surface area contributed by atoms with Gasteiger partial charge in [-0.2, -0.15) is 0 Å². The first-order chi connectivity index (χ1) is 31.7. The van der Waals surface area contributed by atoms with Crippen molar-refractivity contribution < 1.29 is 95.3 Å². The third-order valence-corrected chi connectivity index (χ3v) is 8.23. The van der Waals surface area contributed by atoms with E-state index >= 15 is 0 Å². The fraction of sp³-hybridized carbons (Fsp3) is 0.261. The molecule has 346 valence electrons. The van der Waals surface area contributed by atoms with E-state index in [1.807, 2.05) is 0 Å². The summed E-state index contributed by atoms with van der Waals surface area (Å²) in [5.41, 5.74) is 0.108. The quantitative estimate of drug-likeness (QED) is 0.0574. The van der Waals surface area contributed by atoms with Crippen molar-refractivity contribution in [2.24, 2.45) is 0 Å². The van der Waals surface area contributed by atoms with Gasteiger partial charge in [0.05, 0.1) is 44.5 Å². The van der Waals surface area contributed by atoms with Crippen LogP contribution in [-0.2, 0) is 57.0 Å². The molecule has 0 atom stereocenters. The summed E-state index contributed by atoms with van der Waals surface area (Å²) in [6.07, 6.45) is 0. The number of rotatable bonds is 23. The van der Waals surface area contributed by atoms with Crippen LogP contribution in [0.2, 0.25) is 0 Å². The molecule has 0 aliphatic carbocycles. The molecule has 4 aromatic carbocycles. The van der Waals surface area contributed by atoms with Crippen LogP contribution in [0.3, 0.4) is 0 Å². The molecule has 0 fully saturated rings. The normalized spacial score (nSPS) is 10.3. The molecule has 0 radical (unpaired) electrons. The van der Waals surface area contributed by atoms with Gasteiger partial charge in [-0.05, 0) is 72.8 Å². The van der Waals surface area contributed by atoms with E-state index in [0.29, 0.717) is 0 Å². The van der Waals surface area contributed by atoms with Gasteiger partial charge in [0.15, 0.2) is 0 Å². The minimum Gasteiger partial charge on any atom is -0.462 e. The van der Waals surface area contributed by atoms with Crippen LogP contribution >= 0.6 is 0 Å². The topological polar surface area (TPSA) is 263 Å². The number of ether oxygens (including phenoxy) is 10. The van der Waals surface area contributed by atoms with Gasteiger partial charge in [0.2, 0.25) is 0 Å². The van der Waals surface area contributed by atoms with E-state index in [1.54, 1.807) is 0 Å². The van der Waals surface area contributed by atoms with Crippen molar-refractivity contribution in [2.45, 2.75) is 13.8 Å². The van der Waals surface area contributed by atoms with Crippen LogP contribution in [0.5, 0.6) is 0 Å². The Labute approximate surface area is 375 Å². The first kappa shape index (κ1) is 50.2. The summed E-state index contributed by atoms with van der Waals surface area (Å²) < 4.78 is 50.2. The SMILES string of the molecule is CC(=O)OCCOC(=O)c1cccc(C(=O)OCCOC(=O)c2cccc(C(=O)OCCOC(=O)c3cccc(C(=O)OCCOC(=O)c4cccc(C(=O)OCCOC(C)=O)c4)c3)c2)c1. The summed E-state index contributed by atoms with van der Waals surface area (Å²) in [7, 11) is 0. The molecule has 4 rings (SSSR count). The van der Waals surface area contributed by atoms with E-state index in [2.05, 4.69) is 0 Å². The van der Waals surface area contributed by atoms with Crippen molar-refractivity contribution in [3.8, 4) is 0 Å². The van der Waals surface area contributed by atoms with Gasteiger partial charge in [-0.25, -0.2) is 38.4 Å². The van der Waals surface area contributed by atoms with Crippen LogP contribution in [0.4, 0.5) is 0 Å². The predicted octanol–water partition coefficient (Wildman–Crippen LogP) is 4.17. The lowest BCUT2D eigenvalue weighted by Crippen LogP contribution is -2.17. The molecule has 0 N–H and O–H groups in total. The van der Waals surface area contributed by atoms with Gasteiger partial charge in [-0.1, -0.05) is 24.3 Å². The van der Waals surface area contributed by atoms with Crippen molar-refractivity contribution in [3.05, 3.63) is 142 Å². The molecule has 0 heterocycles. The third kappa shape index (κ3) is 17.0. The van der Waals surface area contributed by atoms with Gasteiger partial charge in [0.25, 0.3) is 0 Å². The van der Waals surface area contributed by atoms with E-state index in [4.69, 9.17) is 47.4 Å². The molecule has 0 bridgehead atoms. The molecule has 66 heavy (non-hydrogen) atoms. The molecule has 0 amide bonds. The van der Waals surface area contributed by atoms with Crippen molar-refractivity contribution in [3.63, 3.8) is 0 Å². The van der Waals surface area contributed by atoms with Crippen LogP contribution in [0.25, 0.3) is 0 Å². The summed E-state index contributed by atoms with van der Waals surface area (Å²) in [4.78, 5) is 122. The minimum absolute atomic E-state index is 0.0141. The molecule has 0 aliphatic heterocycles. The lowest BCUT2D eigenvalue weighted by molar-refractivity contribution is -0.142. The molecule has 0 aliphatic rings. The van der Waals surface area contributed by atoms with Crippen LogP contribution < -0.4 is 0 Å². The number of benzene rings is 4. The maximum atomic E-state index is 12.7. The van der Waals surface area contributed by atoms with Crippen LogP contribution in [-0.4, -0.2) is 126 Å². The molecule has 0 aromatic heterocycles. The zero-order valence-corrected chi connectivity index (χ0v) is 35.5. The highest BCUT2D eigenvalue weighted by Gasteiger charge is 2.18. The second kappa shape index (κ2) is 26.3. The summed E-state index contributed by atoms with van der Waals surface area (Å²) in [6.45, 7) is -0.250. The zero-order valence-electron chi connectivity index (χ0n) is 35.5. The van der Waals surface area contributed by atoms with Gasteiger partial charge in [0.1, 0.15) is 66.1 Å². The van der Waals surface area contributed by atoms with E-state index in [-0.39, 0.29) is 111 Å². The van der Waals surface area contributed by atoms with Crippen molar-refractivity contribution in [2.75, 3.05) is 66.1 Å². The summed E-state index contributed by atoms with van der Waals surface area (Å²) >= 11 is 0. The van der Waals surface area contributed by atoms with Crippen molar-refractivity contribution >= 4 is 59.7 Å². The Morgan fingerprint density at radius 2 is 0.394 bits per heavy atom. The second-order valence-electron chi connectivity index (χ2n) is 13.1. The third-order valence-electron chi connectivity index (χ3n) is 8.23. The number of carbonyl (C=O) groups is 10. The van der Waals surface area contributed by atoms with Crippen LogP contribution in [0.15, 0.2) is 97.1 Å². The molecule has 0 spiro atoms. The fourth-order valence-electron chi connectivity index (χ4n) is 5.20. The van der Waals surface area contributed by atoms with E-state index in [0.717, 1.165) is 0 Å². The van der Waals surface area contributed by atoms with Gasteiger partial charge in [-0.15, -0.1) is 0 Å². The summed E-state index contributed by atoms with van der Waals surface area (Å²) in [5.74, 6) is -7.51. The van der Waals surface area contributed by atoms with Crippen molar-refractivity contribution in [1.29, 1.82) is 0 Å². The molecule has 20 heteroatoms. The summed E-state index contributed by atoms with van der Waals surface area (Å²) in [5, 5.41) is 0. The Balaban J connectivity index is 1.13. The highest BCUT2D eigenvalue weighted by molar-refractivity contribution is 5.98. The van der Waals surface area contributed by atoms with Gasteiger partial charge in [-0.3, -0.25) is 9.59 Å². The molecular weight excluding hydrogens is 872 g/mol. The number of hydrogen-bond donors (Lipinski definition) is 0. The van der Waals surface area contributed by atoms with E-state index < -0.39 is 59.7 Å². The number of carbonyl (C=O) groups excluding carboxylic acids is 10. The first-order valence-corrected chi connectivity index (χ1v) is 19.8. The summed E-state index contributed by atoms with van der Waals surface area (Å²) in [6, 6.07) is 21.8. The molecule has 0 unspecified atom stereocenters. The molecule has 0 saturated carbocycles. The lowest BCUT2D eigenvalue weighted by Gasteiger charge is -2.10. The Hall–Kier alpha value is -8.42. The maximum Gasteiger partial charge on any atom is 0.338 e. The predicted molar refractivity (Wildman–Crippen MR) is 221 cm³/mol. The van der Waals surface area contributed by atoms with Gasteiger partial charge < -0.3 is 47.4 Å². The highest BCUT2D eigenvalue weighted by Crippen LogP contribution is 2.13. The average molecular weight is 915 g/mol. The molecule has 4 aromatic rings. The van der Waals surface area contributed by atoms with Crippen LogP contribution in [0, 0.1) is 0 Å². The van der Waals surface area contributed by atoms with Crippen molar-refractivity contribution in [1.82, 2.24) is 0 Å². The van der Waals surface area contributed by atoms with Gasteiger partial charge in [0, 0.05) is 13.8 Å². The Bertz CT molecular complexity index is 2250. The standard InChI is InChI=1S/C46H42O20/c1-29(47)57-15-17-59-39(49)31-7-3-9-33(25-31)41(51)61-19-21-63-43(53)35-11-5-13-37(27-35)45(55)65-23-24-66-46(56)38-14-6-12-36(28-38)44(54)64-22-20-62-42(52)34-10-4-8-32(26-34)40(50)60-18-16-58-30(2)48/h3-14,25-28H,15-24H2,1-2H3.